The van der Waals surface area contributed by atoms with Crippen LogP contribution in [0, 0.1) is 0 Å². The van der Waals surface area contributed by atoms with Gasteiger partial charge in [-0.1, -0.05) is 12.1 Å². The van der Waals surface area contributed by atoms with Crippen LogP contribution in [-0.4, -0.2) is 23.6 Å². The minimum Gasteiger partial charge on any atom is -0.462 e. The molecule has 0 aromatic heterocycles. The Morgan fingerprint density at radius 2 is 2.24 bits per heavy atom. The zero-order chi connectivity index (χ0) is 12.7. The van der Waals surface area contributed by atoms with Gasteiger partial charge in [0.2, 0.25) is 0 Å². The summed E-state index contributed by atoms with van der Waals surface area (Å²) in [6.45, 7) is 2.04. The summed E-state index contributed by atoms with van der Waals surface area (Å²) in [7, 11) is 0. The molecule has 4 heteroatoms. The number of rotatable bonds is 6. The Bertz CT molecular complexity index is 377. The maximum absolute atomic E-state index is 11.8. The first-order valence-corrected chi connectivity index (χ1v) is 6.22. The van der Waals surface area contributed by atoms with Gasteiger partial charge in [-0.25, -0.2) is 4.79 Å². The van der Waals surface area contributed by atoms with Gasteiger partial charge in [-0.3, -0.25) is 0 Å². The number of alkyl halides is 1. The molecule has 0 aliphatic rings. The molecule has 0 saturated carbocycles. The van der Waals surface area contributed by atoms with E-state index in [9.17, 15) is 9.90 Å². The van der Waals surface area contributed by atoms with Crippen molar-refractivity contribution in [1.29, 1.82) is 0 Å². The van der Waals surface area contributed by atoms with E-state index in [2.05, 4.69) is 0 Å². The minimum absolute atomic E-state index is 0.0785. The highest BCUT2D eigenvalue weighted by Gasteiger charge is 2.14. The molecule has 0 saturated heterocycles. The molecule has 1 N–H and O–H groups in total. The van der Waals surface area contributed by atoms with Crippen LogP contribution in [0.25, 0.3) is 0 Å². The van der Waals surface area contributed by atoms with Crippen molar-refractivity contribution in [2.45, 2.75) is 26.4 Å². The number of aliphatic hydroxyl groups is 1. The third-order valence-corrected chi connectivity index (χ3v) is 2.77. The van der Waals surface area contributed by atoms with E-state index in [0.29, 0.717) is 24.5 Å². The highest BCUT2D eigenvalue weighted by atomic mass is 35.5. The molecule has 0 bridgehead atoms. The van der Waals surface area contributed by atoms with Crippen molar-refractivity contribution in [1.82, 2.24) is 0 Å². The third-order valence-electron chi connectivity index (χ3n) is 2.50. The molecule has 1 aromatic carbocycles. The normalized spacial score (nSPS) is 10.3. The van der Waals surface area contributed by atoms with Crippen molar-refractivity contribution in [3.63, 3.8) is 0 Å². The number of ether oxygens (including phenoxy) is 1. The van der Waals surface area contributed by atoms with E-state index < -0.39 is 0 Å². The molecule has 0 unspecified atom stereocenters. The fourth-order valence-corrected chi connectivity index (χ4v) is 1.86. The fourth-order valence-electron chi connectivity index (χ4n) is 1.72. The average Bonchev–Trinajstić information content (AvgIpc) is 2.36. The van der Waals surface area contributed by atoms with Crippen molar-refractivity contribution in [2.24, 2.45) is 0 Å². The summed E-state index contributed by atoms with van der Waals surface area (Å²) in [5.74, 6) is 0.189. The SMILES string of the molecule is CCOC(=O)c1cccc(CO)c1CCCCl. The van der Waals surface area contributed by atoms with Gasteiger partial charge in [0.05, 0.1) is 18.8 Å². The second-order valence-electron chi connectivity index (χ2n) is 3.61. The van der Waals surface area contributed by atoms with Gasteiger partial charge in [0, 0.05) is 5.88 Å². The monoisotopic (exact) mass is 256 g/mol. The van der Waals surface area contributed by atoms with Gasteiger partial charge in [-0.15, -0.1) is 11.6 Å². The molecule has 0 fully saturated rings. The van der Waals surface area contributed by atoms with Crippen LogP contribution in [-0.2, 0) is 17.8 Å². The summed E-state index contributed by atoms with van der Waals surface area (Å²) in [5.41, 5.74) is 2.14. The molecule has 1 rings (SSSR count). The van der Waals surface area contributed by atoms with E-state index in [0.717, 1.165) is 17.5 Å². The van der Waals surface area contributed by atoms with Gasteiger partial charge in [-0.05, 0) is 37.0 Å². The van der Waals surface area contributed by atoms with Gasteiger partial charge in [0.25, 0.3) is 0 Å². The molecule has 0 spiro atoms. The predicted octanol–water partition coefficient (Wildman–Crippen LogP) is 2.53. The van der Waals surface area contributed by atoms with Gasteiger partial charge in [0.1, 0.15) is 0 Å². The highest BCUT2D eigenvalue weighted by molar-refractivity contribution is 6.17. The molecule has 3 nitrogen and oxygen atoms in total. The van der Waals surface area contributed by atoms with E-state index in [1.165, 1.54) is 0 Å². The average molecular weight is 257 g/mol. The lowest BCUT2D eigenvalue weighted by molar-refractivity contribution is 0.0525. The fraction of sp³-hybridized carbons (Fsp3) is 0.462. The van der Waals surface area contributed by atoms with Crippen LogP contribution in [0.5, 0.6) is 0 Å². The Morgan fingerprint density at radius 1 is 1.47 bits per heavy atom. The number of halogens is 1. The lowest BCUT2D eigenvalue weighted by Crippen LogP contribution is -2.10. The van der Waals surface area contributed by atoms with Gasteiger partial charge in [0.15, 0.2) is 0 Å². The third kappa shape index (κ3) is 3.72. The molecule has 0 aliphatic carbocycles. The van der Waals surface area contributed by atoms with Crippen LogP contribution < -0.4 is 0 Å². The Morgan fingerprint density at radius 3 is 2.82 bits per heavy atom. The van der Waals surface area contributed by atoms with E-state index in [4.69, 9.17) is 16.3 Å². The molecule has 0 radical (unpaired) electrons. The maximum atomic E-state index is 11.8. The largest absolute Gasteiger partial charge is 0.462 e. The van der Waals surface area contributed by atoms with E-state index in [1.807, 2.05) is 6.07 Å². The van der Waals surface area contributed by atoms with Crippen molar-refractivity contribution < 1.29 is 14.6 Å². The number of hydrogen-bond donors (Lipinski definition) is 1. The minimum atomic E-state index is -0.340. The zero-order valence-electron chi connectivity index (χ0n) is 9.91. The molecule has 1 aromatic rings. The van der Waals surface area contributed by atoms with Gasteiger partial charge >= 0.3 is 5.97 Å². The number of aliphatic hydroxyl groups excluding tert-OH is 1. The summed E-state index contributed by atoms with van der Waals surface area (Å²) in [6.07, 6.45) is 1.44. The van der Waals surface area contributed by atoms with Crippen LogP contribution in [0.1, 0.15) is 34.8 Å². The van der Waals surface area contributed by atoms with Crippen LogP contribution >= 0.6 is 11.6 Å². The second kappa shape index (κ2) is 7.30. The maximum Gasteiger partial charge on any atom is 0.338 e. The van der Waals surface area contributed by atoms with Crippen molar-refractivity contribution >= 4 is 17.6 Å². The van der Waals surface area contributed by atoms with Crippen molar-refractivity contribution in [3.05, 3.63) is 34.9 Å². The Kier molecular flexibility index (Phi) is 6.01. The lowest BCUT2D eigenvalue weighted by atomic mass is 9.97. The Hall–Kier alpha value is -1.06. The number of carbonyl (C=O) groups excluding carboxylic acids is 1. The quantitative estimate of drug-likeness (QED) is 0.628. The molecular formula is C13H17ClO3. The van der Waals surface area contributed by atoms with Crippen LogP contribution in [0.3, 0.4) is 0 Å². The first kappa shape index (κ1) is 14.0. The van der Waals surface area contributed by atoms with Crippen LogP contribution in [0.4, 0.5) is 0 Å². The predicted molar refractivity (Wildman–Crippen MR) is 67.4 cm³/mol. The standard InChI is InChI=1S/C13H17ClO3/c1-2-17-13(16)12-6-3-5-10(9-15)11(12)7-4-8-14/h3,5-6,15H,2,4,7-9H2,1H3. The summed E-state index contributed by atoms with van der Waals surface area (Å²) in [6, 6.07) is 5.29. The van der Waals surface area contributed by atoms with E-state index in [-0.39, 0.29) is 12.6 Å². The topological polar surface area (TPSA) is 46.5 Å². The second-order valence-corrected chi connectivity index (χ2v) is 3.99. The Balaban J connectivity index is 3.05. The van der Waals surface area contributed by atoms with Gasteiger partial charge < -0.3 is 9.84 Å². The number of hydrogen-bond acceptors (Lipinski definition) is 3. The summed E-state index contributed by atoms with van der Waals surface area (Å²) in [4.78, 5) is 11.8. The molecule has 0 aliphatic heterocycles. The van der Waals surface area contributed by atoms with Crippen LogP contribution in [0.2, 0.25) is 0 Å². The van der Waals surface area contributed by atoms with Crippen molar-refractivity contribution in [2.75, 3.05) is 12.5 Å². The number of benzene rings is 1. The molecule has 0 atom stereocenters. The smallest absolute Gasteiger partial charge is 0.338 e. The number of esters is 1. The first-order valence-electron chi connectivity index (χ1n) is 5.69. The first-order chi connectivity index (χ1) is 8.24. The van der Waals surface area contributed by atoms with E-state index >= 15 is 0 Å². The molecule has 94 valence electrons. The molecule has 17 heavy (non-hydrogen) atoms. The van der Waals surface area contributed by atoms with Crippen molar-refractivity contribution in [3.8, 4) is 0 Å². The van der Waals surface area contributed by atoms with Crippen LogP contribution in [0.15, 0.2) is 18.2 Å². The summed E-state index contributed by atoms with van der Waals surface area (Å²) >= 11 is 5.66. The van der Waals surface area contributed by atoms with E-state index in [1.54, 1.807) is 19.1 Å². The zero-order valence-corrected chi connectivity index (χ0v) is 10.7. The van der Waals surface area contributed by atoms with Gasteiger partial charge in [-0.2, -0.15) is 0 Å². The molecule has 0 amide bonds. The lowest BCUT2D eigenvalue weighted by Gasteiger charge is -2.12. The number of carbonyl (C=O) groups is 1. The molecular weight excluding hydrogens is 240 g/mol. The Labute approximate surface area is 106 Å². The molecule has 0 heterocycles. The summed E-state index contributed by atoms with van der Waals surface area (Å²) in [5, 5.41) is 9.27. The highest BCUT2D eigenvalue weighted by Crippen LogP contribution is 2.18. The summed E-state index contributed by atoms with van der Waals surface area (Å²) < 4.78 is 4.99.